The van der Waals surface area contributed by atoms with Gasteiger partial charge in [0.05, 0.1) is 0 Å². The molecule has 68 valence electrons. The summed E-state index contributed by atoms with van der Waals surface area (Å²) in [6, 6.07) is -2.87. The molecule has 0 aromatic carbocycles. The summed E-state index contributed by atoms with van der Waals surface area (Å²) in [5, 5.41) is 3.11. The van der Waals surface area contributed by atoms with Gasteiger partial charge < -0.3 is 0 Å². The minimum Gasteiger partial charge on any atom is -0.204 e. The fourth-order valence-corrected chi connectivity index (χ4v) is 0.738. The molecule has 0 unspecified atom stereocenters. The molecule has 0 atom stereocenters. The van der Waals surface area contributed by atoms with Crippen LogP contribution in [0.2, 0.25) is 0 Å². The lowest BCUT2D eigenvalue weighted by atomic mass is 10.6. The van der Waals surface area contributed by atoms with E-state index in [1.54, 1.807) is 0 Å². The van der Waals surface area contributed by atoms with Crippen LogP contribution in [0.3, 0.4) is 0 Å². The van der Waals surface area contributed by atoms with Crippen molar-refractivity contribution in [3.05, 3.63) is 18.5 Å². The molecule has 0 saturated carbocycles. The van der Waals surface area contributed by atoms with E-state index in [2.05, 4.69) is 28.3 Å². The standard InChI is InChI=1S/C5H3Cl2F3N2/c6-4(7,8)5(9,10)12-3-1-2-11-12/h1-3H. The molecule has 2 nitrogen and oxygen atoms in total. The Balaban J connectivity index is 3.02. The van der Waals surface area contributed by atoms with E-state index >= 15 is 0 Å². The second-order valence-electron chi connectivity index (χ2n) is 1.99. The van der Waals surface area contributed by atoms with Crippen LogP contribution in [-0.4, -0.2) is 14.4 Å². The highest BCUT2D eigenvalue weighted by Gasteiger charge is 2.55. The Bertz CT molecular complexity index is 254. The van der Waals surface area contributed by atoms with E-state index in [9.17, 15) is 13.2 Å². The number of halogens is 5. The lowest BCUT2D eigenvalue weighted by Crippen LogP contribution is -2.38. The van der Waals surface area contributed by atoms with Crippen LogP contribution in [-0.2, 0) is 6.05 Å². The largest absolute Gasteiger partial charge is 0.405 e. The topological polar surface area (TPSA) is 17.8 Å². The SMILES string of the molecule is FC(Cl)(Cl)C(F)(F)n1cccn1. The Labute approximate surface area is 75.9 Å². The van der Waals surface area contributed by atoms with Crippen molar-refractivity contribution in [2.75, 3.05) is 0 Å². The summed E-state index contributed by atoms with van der Waals surface area (Å²) in [5.41, 5.74) is 0. The van der Waals surface area contributed by atoms with Crippen molar-refractivity contribution in [1.82, 2.24) is 9.78 Å². The predicted molar refractivity (Wildman–Crippen MR) is 38.0 cm³/mol. The lowest BCUT2D eigenvalue weighted by molar-refractivity contribution is -0.141. The molecule has 0 aliphatic rings. The van der Waals surface area contributed by atoms with E-state index in [0.717, 1.165) is 12.4 Å². The van der Waals surface area contributed by atoms with Crippen molar-refractivity contribution in [2.24, 2.45) is 0 Å². The number of nitrogens with zero attached hydrogens (tertiary/aromatic N) is 2. The summed E-state index contributed by atoms with van der Waals surface area (Å²) in [7, 11) is 0. The minimum atomic E-state index is -4.07. The van der Waals surface area contributed by atoms with Gasteiger partial charge in [0.2, 0.25) is 0 Å². The zero-order chi connectivity index (χ0) is 9.41. The summed E-state index contributed by atoms with van der Waals surface area (Å²) < 4.78 is 34.3. The predicted octanol–water partition coefficient (Wildman–Crippen LogP) is 2.53. The van der Waals surface area contributed by atoms with Crippen LogP contribution in [0.1, 0.15) is 0 Å². The molecule has 0 aliphatic carbocycles. The number of aromatic nitrogens is 2. The molecule has 0 fully saturated rings. The van der Waals surface area contributed by atoms with Crippen LogP contribution in [0.5, 0.6) is 0 Å². The zero-order valence-electron chi connectivity index (χ0n) is 5.52. The molecule has 1 rings (SSSR count). The Morgan fingerprint density at radius 2 is 1.83 bits per heavy atom. The van der Waals surface area contributed by atoms with Crippen molar-refractivity contribution in [1.29, 1.82) is 0 Å². The summed E-state index contributed by atoms with van der Waals surface area (Å²) in [6.45, 7) is 0. The minimum absolute atomic E-state index is 0.0486. The Kier molecular flexibility index (Phi) is 2.27. The monoisotopic (exact) mass is 218 g/mol. The molecule has 1 heterocycles. The highest BCUT2D eigenvalue weighted by molar-refractivity contribution is 6.47. The first-order valence-electron chi connectivity index (χ1n) is 2.80. The molecule has 1 aromatic rings. The van der Waals surface area contributed by atoms with Gasteiger partial charge in [-0.3, -0.25) is 0 Å². The van der Waals surface area contributed by atoms with E-state index in [0.29, 0.717) is 0 Å². The average molecular weight is 219 g/mol. The maximum absolute atomic E-state index is 12.8. The first-order chi connectivity index (χ1) is 5.36. The molecular weight excluding hydrogens is 216 g/mol. The van der Waals surface area contributed by atoms with Gasteiger partial charge in [-0.05, 0) is 6.07 Å². The normalized spacial score (nSPS) is 13.4. The van der Waals surface area contributed by atoms with Crippen molar-refractivity contribution in [3.63, 3.8) is 0 Å². The quantitative estimate of drug-likeness (QED) is 0.698. The highest BCUT2D eigenvalue weighted by Crippen LogP contribution is 2.42. The first-order valence-corrected chi connectivity index (χ1v) is 3.56. The lowest BCUT2D eigenvalue weighted by Gasteiger charge is -2.21. The van der Waals surface area contributed by atoms with Crippen molar-refractivity contribution < 1.29 is 13.2 Å². The van der Waals surface area contributed by atoms with Crippen LogP contribution in [0.15, 0.2) is 18.5 Å². The van der Waals surface area contributed by atoms with Crippen LogP contribution < -0.4 is 0 Å². The van der Waals surface area contributed by atoms with Crippen molar-refractivity contribution in [2.45, 2.75) is 10.6 Å². The molecule has 0 saturated heterocycles. The van der Waals surface area contributed by atoms with Crippen LogP contribution >= 0.6 is 23.2 Å². The Hall–Kier alpha value is -0.420. The number of hydrogen-bond donors (Lipinski definition) is 0. The fraction of sp³-hybridized carbons (Fsp3) is 0.400. The molecule has 0 radical (unpaired) electrons. The summed E-state index contributed by atoms with van der Waals surface area (Å²) in [5.74, 6) is 0. The van der Waals surface area contributed by atoms with Gasteiger partial charge in [-0.1, -0.05) is 23.2 Å². The molecule has 0 spiro atoms. The molecule has 12 heavy (non-hydrogen) atoms. The number of alkyl halides is 5. The number of hydrogen-bond acceptors (Lipinski definition) is 1. The first kappa shape index (κ1) is 9.67. The van der Waals surface area contributed by atoms with Crippen molar-refractivity contribution in [3.8, 4) is 0 Å². The van der Waals surface area contributed by atoms with Crippen LogP contribution in [0, 0.1) is 0 Å². The molecule has 7 heteroatoms. The molecule has 1 aromatic heterocycles. The fourth-order valence-electron chi connectivity index (χ4n) is 0.565. The third-order valence-corrected chi connectivity index (χ3v) is 1.59. The van der Waals surface area contributed by atoms with Gasteiger partial charge in [-0.2, -0.15) is 18.3 Å². The molecule has 0 N–H and O–H groups in total. The summed E-state index contributed by atoms with van der Waals surface area (Å²) >= 11 is 9.21. The zero-order valence-corrected chi connectivity index (χ0v) is 7.03. The van der Waals surface area contributed by atoms with Gasteiger partial charge in [-0.15, -0.1) is 0 Å². The van der Waals surface area contributed by atoms with Crippen LogP contribution in [0.25, 0.3) is 0 Å². The van der Waals surface area contributed by atoms with E-state index < -0.39 is 10.6 Å². The second kappa shape index (κ2) is 2.81. The third-order valence-electron chi connectivity index (χ3n) is 1.13. The van der Waals surface area contributed by atoms with Gasteiger partial charge in [0.1, 0.15) is 0 Å². The molecule has 0 amide bonds. The van der Waals surface area contributed by atoms with E-state index in [4.69, 9.17) is 0 Å². The van der Waals surface area contributed by atoms with Crippen molar-refractivity contribution >= 4 is 23.2 Å². The Morgan fingerprint density at radius 1 is 1.25 bits per heavy atom. The highest BCUT2D eigenvalue weighted by atomic mass is 35.5. The van der Waals surface area contributed by atoms with Gasteiger partial charge >= 0.3 is 10.6 Å². The number of rotatable bonds is 2. The van der Waals surface area contributed by atoms with Gasteiger partial charge in [0.25, 0.3) is 0 Å². The molecular formula is C5H3Cl2F3N2. The molecule has 0 bridgehead atoms. The maximum atomic E-state index is 12.8. The maximum Gasteiger partial charge on any atom is 0.405 e. The summed E-state index contributed by atoms with van der Waals surface area (Å²) in [6.07, 6.45) is 1.92. The third kappa shape index (κ3) is 1.51. The second-order valence-corrected chi connectivity index (χ2v) is 3.22. The van der Waals surface area contributed by atoms with E-state index in [1.807, 2.05) is 0 Å². The van der Waals surface area contributed by atoms with Gasteiger partial charge in [0.15, 0.2) is 0 Å². The van der Waals surface area contributed by atoms with Gasteiger partial charge in [-0.25, -0.2) is 4.68 Å². The van der Waals surface area contributed by atoms with E-state index in [-0.39, 0.29) is 4.68 Å². The molecule has 0 aliphatic heterocycles. The Morgan fingerprint density at radius 3 is 2.17 bits per heavy atom. The van der Waals surface area contributed by atoms with Gasteiger partial charge in [0, 0.05) is 12.4 Å². The summed E-state index contributed by atoms with van der Waals surface area (Å²) in [4.78, 5) is 0. The van der Waals surface area contributed by atoms with Crippen LogP contribution in [0.4, 0.5) is 13.2 Å². The average Bonchev–Trinajstić information content (AvgIpc) is 2.34. The van der Waals surface area contributed by atoms with E-state index in [1.165, 1.54) is 6.07 Å². The smallest absolute Gasteiger partial charge is 0.204 e.